The Morgan fingerprint density at radius 1 is 1.60 bits per heavy atom. The van der Waals surface area contributed by atoms with Crippen molar-refractivity contribution in [2.45, 2.75) is 18.9 Å². The molecule has 0 spiro atoms. The van der Waals surface area contributed by atoms with Gasteiger partial charge in [-0.05, 0) is 18.9 Å². The van der Waals surface area contributed by atoms with E-state index in [0.29, 0.717) is 25.4 Å². The van der Waals surface area contributed by atoms with Crippen molar-refractivity contribution >= 4 is 17.5 Å². The lowest BCUT2D eigenvalue weighted by Gasteiger charge is -2.10. The van der Waals surface area contributed by atoms with Crippen LogP contribution in [0.15, 0.2) is 18.3 Å². The van der Waals surface area contributed by atoms with E-state index in [4.69, 9.17) is 9.47 Å². The van der Waals surface area contributed by atoms with Gasteiger partial charge in [0.1, 0.15) is 18.6 Å². The molecule has 8 heteroatoms. The van der Waals surface area contributed by atoms with Gasteiger partial charge in [0.15, 0.2) is 6.10 Å². The monoisotopic (exact) mass is 281 g/mol. The first-order valence-electron chi connectivity index (χ1n) is 6.29. The molecule has 1 aliphatic rings. The highest BCUT2D eigenvalue weighted by Crippen LogP contribution is 2.13. The predicted molar refractivity (Wildman–Crippen MR) is 69.3 cm³/mol. The number of nitrogens with one attached hydrogen (secondary N) is 1. The quantitative estimate of drug-likeness (QED) is 0.360. The first-order valence-corrected chi connectivity index (χ1v) is 6.29. The molecule has 1 aromatic rings. The fourth-order valence-electron chi connectivity index (χ4n) is 1.79. The predicted octanol–water partition coefficient (Wildman–Crippen LogP) is 1.12. The minimum atomic E-state index is -0.514. The fraction of sp³-hybridized carbons (Fsp3) is 0.500. The fourth-order valence-corrected chi connectivity index (χ4v) is 1.79. The molecule has 1 aromatic heterocycles. The van der Waals surface area contributed by atoms with E-state index in [1.807, 2.05) is 0 Å². The summed E-state index contributed by atoms with van der Waals surface area (Å²) in [4.78, 5) is 25.3. The lowest BCUT2D eigenvalue weighted by atomic mass is 10.2. The molecule has 108 valence electrons. The average Bonchev–Trinajstić information content (AvgIpc) is 2.98. The average molecular weight is 281 g/mol. The molecule has 0 aliphatic carbocycles. The van der Waals surface area contributed by atoms with E-state index in [-0.39, 0.29) is 18.3 Å². The lowest BCUT2D eigenvalue weighted by Crippen LogP contribution is -2.24. The largest absolute Gasteiger partial charge is 0.462 e. The molecule has 0 saturated carbocycles. The van der Waals surface area contributed by atoms with Crippen LogP contribution in [0.5, 0.6) is 0 Å². The van der Waals surface area contributed by atoms with Crippen LogP contribution in [0.25, 0.3) is 0 Å². The van der Waals surface area contributed by atoms with Crippen molar-refractivity contribution in [1.29, 1.82) is 0 Å². The maximum atomic E-state index is 11.5. The van der Waals surface area contributed by atoms with Gasteiger partial charge in [-0.1, -0.05) is 0 Å². The summed E-state index contributed by atoms with van der Waals surface area (Å²) in [7, 11) is 0. The molecule has 8 nitrogen and oxygen atoms in total. The van der Waals surface area contributed by atoms with Gasteiger partial charge in [0.05, 0.1) is 11.5 Å². The lowest BCUT2D eigenvalue weighted by molar-refractivity contribution is -0.385. The normalized spacial score (nSPS) is 17.7. The van der Waals surface area contributed by atoms with E-state index in [1.165, 1.54) is 18.3 Å². The molecular formula is C12H15N3O5. The molecule has 1 atom stereocenters. The van der Waals surface area contributed by atoms with Crippen LogP contribution in [0.3, 0.4) is 0 Å². The number of hydrogen-bond acceptors (Lipinski definition) is 7. The number of pyridine rings is 1. The molecule has 1 N–H and O–H groups in total. The van der Waals surface area contributed by atoms with Crippen molar-refractivity contribution in [3.8, 4) is 0 Å². The topological polar surface area (TPSA) is 104 Å². The number of nitrogens with zero attached hydrogens (tertiary/aromatic N) is 2. The van der Waals surface area contributed by atoms with Crippen molar-refractivity contribution in [2.24, 2.45) is 0 Å². The van der Waals surface area contributed by atoms with E-state index >= 15 is 0 Å². The highest BCUT2D eigenvalue weighted by atomic mass is 16.6. The molecule has 0 aromatic carbocycles. The maximum absolute atomic E-state index is 11.5. The van der Waals surface area contributed by atoms with Gasteiger partial charge in [-0.15, -0.1) is 0 Å². The summed E-state index contributed by atoms with van der Waals surface area (Å²) >= 11 is 0. The summed E-state index contributed by atoms with van der Waals surface area (Å²) in [6.07, 6.45) is 2.31. The van der Waals surface area contributed by atoms with Crippen molar-refractivity contribution in [3.05, 3.63) is 28.4 Å². The molecule has 1 aliphatic heterocycles. The molecule has 0 amide bonds. The number of aromatic nitrogens is 1. The second-order valence-corrected chi connectivity index (χ2v) is 4.25. The number of hydrogen-bond donors (Lipinski definition) is 1. The third-order valence-electron chi connectivity index (χ3n) is 2.80. The summed E-state index contributed by atoms with van der Waals surface area (Å²) in [6.45, 7) is 1.17. The highest BCUT2D eigenvalue weighted by Gasteiger charge is 2.24. The minimum Gasteiger partial charge on any atom is -0.462 e. The Morgan fingerprint density at radius 3 is 3.05 bits per heavy atom. The van der Waals surface area contributed by atoms with Crippen LogP contribution in [0.4, 0.5) is 11.5 Å². The first kappa shape index (κ1) is 14.2. The Labute approximate surface area is 115 Å². The zero-order valence-electron chi connectivity index (χ0n) is 10.8. The third-order valence-corrected chi connectivity index (χ3v) is 2.80. The molecule has 2 heterocycles. The zero-order valence-corrected chi connectivity index (χ0v) is 10.8. The van der Waals surface area contributed by atoms with Crippen LogP contribution in [-0.4, -0.2) is 41.7 Å². The number of ether oxygens (including phenoxy) is 2. The number of carbonyl (C=O) groups excluding carboxylic acids is 1. The van der Waals surface area contributed by atoms with Crippen LogP contribution < -0.4 is 5.32 Å². The number of esters is 1. The van der Waals surface area contributed by atoms with E-state index in [2.05, 4.69) is 10.3 Å². The van der Waals surface area contributed by atoms with Crippen LogP contribution in [-0.2, 0) is 14.3 Å². The third kappa shape index (κ3) is 3.89. The Hall–Kier alpha value is -2.22. The first-order chi connectivity index (χ1) is 9.66. The molecule has 2 rings (SSSR count). The van der Waals surface area contributed by atoms with Crippen molar-refractivity contribution < 1.29 is 19.2 Å². The van der Waals surface area contributed by atoms with E-state index < -0.39 is 11.0 Å². The Balaban J connectivity index is 1.67. The van der Waals surface area contributed by atoms with Gasteiger partial charge in [0, 0.05) is 12.7 Å². The van der Waals surface area contributed by atoms with E-state index in [9.17, 15) is 14.9 Å². The van der Waals surface area contributed by atoms with E-state index in [1.54, 1.807) is 0 Å². The molecule has 20 heavy (non-hydrogen) atoms. The second kappa shape index (κ2) is 6.80. The van der Waals surface area contributed by atoms with Gasteiger partial charge >= 0.3 is 5.97 Å². The number of rotatable bonds is 6. The zero-order chi connectivity index (χ0) is 14.4. The van der Waals surface area contributed by atoms with Gasteiger partial charge in [0.2, 0.25) is 0 Å². The number of carbonyl (C=O) groups is 1. The van der Waals surface area contributed by atoms with Gasteiger partial charge in [-0.25, -0.2) is 9.78 Å². The van der Waals surface area contributed by atoms with E-state index in [0.717, 1.165) is 6.42 Å². The summed E-state index contributed by atoms with van der Waals surface area (Å²) in [5, 5.41) is 13.4. The molecule has 1 fully saturated rings. The van der Waals surface area contributed by atoms with Crippen LogP contribution in [0.2, 0.25) is 0 Å². The SMILES string of the molecule is O=C(OCCNc1ccc([N+](=O)[O-])cn1)C1CCCO1. The summed E-state index contributed by atoms with van der Waals surface area (Å²) < 4.78 is 10.2. The van der Waals surface area contributed by atoms with Gasteiger partial charge in [0.25, 0.3) is 5.69 Å². The van der Waals surface area contributed by atoms with Crippen LogP contribution in [0.1, 0.15) is 12.8 Å². The number of nitro groups is 1. The molecular weight excluding hydrogens is 266 g/mol. The van der Waals surface area contributed by atoms with Crippen molar-refractivity contribution in [1.82, 2.24) is 4.98 Å². The Bertz CT molecular complexity index is 470. The second-order valence-electron chi connectivity index (χ2n) is 4.25. The molecule has 0 radical (unpaired) electrons. The van der Waals surface area contributed by atoms with Crippen LogP contribution >= 0.6 is 0 Å². The standard InChI is InChI=1S/C12H15N3O5/c16-12(10-2-1-6-19-10)20-7-5-13-11-4-3-9(8-14-11)15(17)18/h3-4,8,10H,1-2,5-7H2,(H,13,14). The van der Waals surface area contributed by atoms with Gasteiger partial charge < -0.3 is 14.8 Å². The number of anilines is 1. The summed E-state index contributed by atoms with van der Waals surface area (Å²) in [6, 6.07) is 2.85. The highest BCUT2D eigenvalue weighted by molar-refractivity contribution is 5.74. The summed E-state index contributed by atoms with van der Waals surface area (Å²) in [5.74, 6) is 0.143. The Kier molecular flexibility index (Phi) is 4.83. The molecule has 1 saturated heterocycles. The van der Waals surface area contributed by atoms with Crippen LogP contribution in [0, 0.1) is 10.1 Å². The minimum absolute atomic E-state index is 0.0691. The maximum Gasteiger partial charge on any atom is 0.335 e. The summed E-state index contributed by atoms with van der Waals surface area (Å²) in [5.41, 5.74) is -0.0691. The van der Waals surface area contributed by atoms with Crippen molar-refractivity contribution in [3.63, 3.8) is 0 Å². The van der Waals surface area contributed by atoms with Gasteiger partial charge in [-0.3, -0.25) is 10.1 Å². The molecule has 1 unspecified atom stereocenters. The smallest absolute Gasteiger partial charge is 0.335 e. The van der Waals surface area contributed by atoms with Crippen molar-refractivity contribution in [2.75, 3.05) is 25.1 Å². The Morgan fingerprint density at radius 2 is 2.45 bits per heavy atom. The van der Waals surface area contributed by atoms with Gasteiger partial charge in [-0.2, -0.15) is 0 Å². The molecule has 0 bridgehead atoms.